The number of carbonyl (C=O) groups is 2. The first-order chi connectivity index (χ1) is 6.47. The van der Waals surface area contributed by atoms with E-state index in [0.29, 0.717) is 0 Å². The highest BCUT2D eigenvalue weighted by Crippen LogP contribution is 2.09. The Bertz CT molecular complexity index is 240. The molecular formula is C7H10O5S2. The fourth-order valence-corrected chi connectivity index (χ4v) is 0.980. The summed E-state index contributed by atoms with van der Waals surface area (Å²) < 4.78 is 4.94. The number of rotatable bonds is 5. The lowest BCUT2D eigenvalue weighted by molar-refractivity contribution is -0.146. The van der Waals surface area contributed by atoms with Crippen LogP contribution in [0.15, 0.2) is 0 Å². The molecule has 0 heterocycles. The van der Waals surface area contributed by atoms with E-state index in [1.165, 1.54) is 0 Å². The largest absolute Gasteiger partial charge is 0.481 e. The Kier molecular flexibility index (Phi) is 6.22. The van der Waals surface area contributed by atoms with Crippen LogP contribution in [-0.2, 0) is 14.3 Å². The molecule has 0 radical (unpaired) electrons. The number of thioether (sulfide) groups is 1. The molecule has 1 atom stereocenters. The van der Waals surface area contributed by atoms with Gasteiger partial charge in [0.05, 0.1) is 0 Å². The SMILES string of the molecule is CSC(=S)OC(CCC(=O)O)C(=O)O. The molecule has 0 aromatic heterocycles. The zero-order chi connectivity index (χ0) is 11.1. The Labute approximate surface area is 90.4 Å². The molecule has 0 aliphatic heterocycles. The molecule has 0 bridgehead atoms. The average Bonchev–Trinajstić information content (AvgIpc) is 2.10. The van der Waals surface area contributed by atoms with Crippen molar-refractivity contribution in [3.05, 3.63) is 0 Å². The normalized spacial score (nSPS) is 11.8. The fourth-order valence-electron chi connectivity index (χ4n) is 0.652. The van der Waals surface area contributed by atoms with Gasteiger partial charge in [0.15, 0.2) is 6.10 Å². The van der Waals surface area contributed by atoms with Crippen LogP contribution in [0.5, 0.6) is 0 Å². The number of carboxylic acid groups (broad SMARTS) is 2. The molecule has 1 unspecified atom stereocenters. The van der Waals surface area contributed by atoms with Crippen LogP contribution in [0.4, 0.5) is 0 Å². The Morgan fingerprint density at radius 3 is 2.43 bits per heavy atom. The lowest BCUT2D eigenvalue weighted by Gasteiger charge is -2.12. The molecule has 0 saturated carbocycles. The molecule has 0 rings (SSSR count). The van der Waals surface area contributed by atoms with Gasteiger partial charge in [-0.15, -0.1) is 0 Å². The number of thiocarbonyl (C=S) groups is 1. The maximum atomic E-state index is 10.6. The van der Waals surface area contributed by atoms with Gasteiger partial charge in [-0.2, -0.15) is 0 Å². The maximum Gasteiger partial charge on any atom is 0.344 e. The molecule has 0 saturated heterocycles. The zero-order valence-corrected chi connectivity index (χ0v) is 9.06. The minimum absolute atomic E-state index is 0.0919. The zero-order valence-electron chi connectivity index (χ0n) is 7.43. The van der Waals surface area contributed by atoms with Crippen molar-refractivity contribution in [2.75, 3.05) is 6.26 Å². The molecule has 0 fully saturated rings. The second kappa shape index (κ2) is 6.61. The van der Waals surface area contributed by atoms with Crippen LogP contribution in [0, 0.1) is 0 Å². The fraction of sp³-hybridized carbons (Fsp3) is 0.571. The molecule has 7 heteroatoms. The van der Waals surface area contributed by atoms with Gasteiger partial charge in [-0.05, 0) is 18.5 Å². The van der Waals surface area contributed by atoms with Gasteiger partial charge >= 0.3 is 11.9 Å². The smallest absolute Gasteiger partial charge is 0.344 e. The highest BCUT2D eigenvalue weighted by molar-refractivity contribution is 8.22. The minimum Gasteiger partial charge on any atom is -0.481 e. The molecule has 0 amide bonds. The van der Waals surface area contributed by atoms with Gasteiger partial charge in [0.1, 0.15) is 0 Å². The number of hydrogen-bond donors (Lipinski definition) is 2. The molecule has 0 aliphatic carbocycles. The molecule has 0 aromatic carbocycles. The summed E-state index contributed by atoms with van der Waals surface area (Å²) in [5, 5.41) is 17.0. The summed E-state index contributed by atoms with van der Waals surface area (Å²) in [5.41, 5.74) is 0. The third kappa shape index (κ3) is 5.76. The standard InChI is InChI=1S/C7H10O5S2/c1-14-7(13)12-4(6(10)11)2-3-5(8)9/h4H,2-3H2,1H3,(H,8,9)(H,10,11). The quantitative estimate of drug-likeness (QED) is 0.690. The van der Waals surface area contributed by atoms with Crippen LogP contribution in [0.25, 0.3) is 0 Å². The van der Waals surface area contributed by atoms with E-state index in [4.69, 9.17) is 14.9 Å². The van der Waals surface area contributed by atoms with E-state index < -0.39 is 18.0 Å². The van der Waals surface area contributed by atoms with Crippen molar-refractivity contribution in [3.63, 3.8) is 0 Å². The van der Waals surface area contributed by atoms with Gasteiger partial charge in [0.25, 0.3) is 0 Å². The van der Waals surface area contributed by atoms with Gasteiger partial charge in [0.2, 0.25) is 4.38 Å². The van der Waals surface area contributed by atoms with Gasteiger partial charge in [-0.3, -0.25) is 4.79 Å². The summed E-state index contributed by atoms with van der Waals surface area (Å²) in [5.74, 6) is -2.27. The second-order valence-corrected chi connectivity index (χ2v) is 3.74. The van der Waals surface area contributed by atoms with Crippen LogP contribution < -0.4 is 0 Å². The molecule has 0 aromatic rings. The van der Waals surface area contributed by atoms with Crippen LogP contribution >= 0.6 is 24.0 Å². The van der Waals surface area contributed by atoms with E-state index in [2.05, 4.69) is 12.2 Å². The number of carboxylic acids is 2. The Balaban J connectivity index is 4.09. The summed E-state index contributed by atoms with van der Waals surface area (Å²) >= 11 is 5.76. The molecule has 5 nitrogen and oxygen atoms in total. The van der Waals surface area contributed by atoms with Crippen molar-refractivity contribution in [1.29, 1.82) is 0 Å². The Morgan fingerprint density at radius 2 is 2.07 bits per heavy atom. The van der Waals surface area contributed by atoms with Gasteiger partial charge in [0, 0.05) is 12.8 Å². The average molecular weight is 238 g/mol. The number of ether oxygens (including phenoxy) is 1. The molecule has 0 aliphatic rings. The first-order valence-electron chi connectivity index (χ1n) is 3.66. The maximum absolute atomic E-state index is 10.6. The Morgan fingerprint density at radius 1 is 1.50 bits per heavy atom. The predicted octanol–water partition coefficient (Wildman–Crippen LogP) is 0.969. The first-order valence-corrected chi connectivity index (χ1v) is 5.30. The van der Waals surface area contributed by atoms with Gasteiger partial charge in [-0.25, -0.2) is 4.79 Å². The lowest BCUT2D eigenvalue weighted by atomic mass is 10.2. The monoisotopic (exact) mass is 238 g/mol. The van der Waals surface area contributed by atoms with Crippen LogP contribution in [0.3, 0.4) is 0 Å². The van der Waals surface area contributed by atoms with Crippen molar-refractivity contribution >= 4 is 40.3 Å². The van der Waals surface area contributed by atoms with E-state index in [1.807, 2.05) is 0 Å². The third-order valence-electron chi connectivity index (χ3n) is 1.30. The van der Waals surface area contributed by atoms with Gasteiger partial charge < -0.3 is 14.9 Å². The topological polar surface area (TPSA) is 83.8 Å². The van der Waals surface area contributed by atoms with E-state index in [9.17, 15) is 9.59 Å². The number of aliphatic carboxylic acids is 2. The highest BCUT2D eigenvalue weighted by atomic mass is 32.2. The van der Waals surface area contributed by atoms with Gasteiger partial charge in [-0.1, -0.05) is 11.8 Å². The van der Waals surface area contributed by atoms with Crippen LogP contribution in [0.2, 0.25) is 0 Å². The van der Waals surface area contributed by atoms with E-state index >= 15 is 0 Å². The van der Waals surface area contributed by atoms with E-state index in [-0.39, 0.29) is 17.2 Å². The summed E-state index contributed by atoms with van der Waals surface area (Å²) in [7, 11) is 0. The van der Waals surface area contributed by atoms with Crippen molar-refractivity contribution in [2.24, 2.45) is 0 Å². The molecular weight excluding hydrogens is 228 g/mol. The second-order valence-electron chi connectivity index (χ2n) is 2.33. The van der Waals surface area contributed by atoms with Crippen molar-refractivity contribution in [1.82, 2.24) is 0 Å². The van der Waals surface area contributed by atoms with Crippen molar-refractivity contribution < 1.29 is 24.5 Å². The highest BCUT2D eigenvalue weighted by Gasteiger charge is 2.21. The lowest BCUT2D eigenvalue weighted by Crippen LogP contribution is -2.26. The molecule has 2 N–H and O–H groups in total. The van der Waals surface area contributed by atoms with Crippen LogP contribution in [-0.4, -0.2) is 38.9 Å². The van der Waals surface area contributed by atoms with Crippen LogP contribution in [0.1, 0.15) is 12.8 Å². The van der Waals surface area contributed by atoms with Crippen molar-refractivity contribution in [2.45, 2.75) is 18.9 Å². The predicted molar refractivity (Wildman–Crippen MR) is 55.5 cm³/mol. The molecule has 80 valence electrons. The molecule has 0 spiro atoms. The molecule has 14 heavy (non-hydrogen) atoms. The summed E-state index contributed by atoms with van der Waals surface area (Å²) in [6, 6.07) is 0. The van der Waals surface area contributed by atoms with E-state index in [0.717, 1.165) is 11.8 Å². The first kappa shape index (κ1) is 13.2. The summed E-state index contributed by atoms with van der Waals surface area (Å²) in [6.07, 6.45) is 0.128. The Hall–Kier alpha value is -0.820. The summed E-state index contributed by atoms with van der Waals surface area (Å²) in [6.45, 7) is 0. The summed E-state index contributed by atoms with van der Waals surface area (Å²) in [4.78, 5) is 20.8. The minimum atomic E-state index is -1.21. The third-order valence-corrected chi connectivity index (χ3v) is 2.33. The van der Waals surface area contributed by atoms with E-state index in [1.54, 1.807) is 6.26 Å². The number of hydrogen-bond acceptors (Lipinski definition) is 5. The van der Waals surface area contributed by atoms with Crippen molar-refractivity contribution in [3.8, 4) is 0 Å².